The molecule has 1 aromatic heterocycles. The van der Waals surface area contributed by atoms with Gasteiger partial charge in [-0.3, -0.25) is 19.5 Å². The summed E-state index contributed by atoms with van der Waals surface area (Å²) in [6.45, 7) is 0. The fourth-order valence-electron chi connectivity index (χ4n) is 4.51. The van der Waals surface area contributed by atoms with Gasteiger partial charge in [-0.1, -0.05) is 54.1 Å². The van der Waals surface area contributed by atoms with Gasteiger partial charge in [0.05, 0.1) is 41.8 Å². The highest BCUT2D eigenvalue weighted by atomic mass is 35.5. The van der Waals surface area contributed by atoms with Crippen LogP contribution in [0, 0.1) is 0 Å². The molecule has 180 valence electrons. The molecule has 0 aliphatic carbocycles. The van der Waals surface area contributed by atoms with E-state index >= 15 is 0 Å². The maximum atomic E-state index is 13.5. The van der Waals surface area contributed by atoms with Crippen LogP contribution in [0.5, 0.6) is 11.5 Å². The number of benzene rings is 3. The van der Waals surface area contributed by atoms with Crippen LogP contribution >= 0.6 is 11.6 Å². The maximum Gasteiger partial charge on any atom is 0.300 e. The second kappa shape index (κ2) is 9.36. The van der Waals surface area contributed by atoms with Gasteiger partial charge in [0.1, 0.15) is 23.3 Å². The molecule has 2 heterocycles. The molecular formula is C28H21ClN2O5. The first-order valence-corrected chi connectivity index (χ1v) is 11.5. The van der Waals surface area contributed by atoms with E-state index in [2.05, 4.69) is 4.98 Å². The first kappa shape index (κ1) is 23.4. The molecular weight excluding hydrogens is 480 g/mol. The van der Waals surface area contributed by atoms with Crippen LogP contribution in [0.1, 0.15) is 17.3 Å². The topological polar surface area (TPSA) is 89.0 Å². The summed E-state index contributed by atoms with van der Waals surface area (Å²) in [4.78, 5) is 32.9. The van der Waals surface area contributed by atoms with Crippen molar-refractivity contribution in [2.45, 2.75) is 6.04 Å². The standard InChI is InChI=1S/C28H21ClN2O5/c1-35-22-15-19(29)23(36-2)14-18(22)26(32)24-25(20-11-5-6-13-30-20)31(28(34)27(24)33)21-12-7-9-16-8-3-4-10-17(16)21/h3-15,25,32H,1-2H3/b26-24+. The number of nitrogens with zero attached hydrogens (tertiary/aromatic N) is 2. The maximum absolute atomic E-state index is 13.5. The van der Waals surface area contributed by atoms with Crippen molar-refractivity contribution in [1.82, 2.24) is 4.98 Å². The van der Waals surface area contributed by atoms with Gasteiger partial charge in [0.2, 0.25) is 0 Å². The lowest BCUT2D eigenvalue weighted by molar-refractivity contribution is -0.132. The Labute approximate surface area is 212 Å². The summed E-state index contributed by atoms with van der Waals surface area (Å²) >= 11 is 6.24. The number of anilines is 1. The van der Waals surface area contributed by atoms with Crippen LogP contribution in [-0.2, 0) is 9.59 Å². The zero-order chi connectivity index (χ0) is 25.4. The lowest BCUT2D eigenvalue weighted by Crippen LogP contribution is -2.30. The van der Waals surface area contributed by atoms with E-state index in [0.717, 1.165) is 10.8 Å². The molecule has 4 aromatic rings. The van der Waals surface area contributed by atoms with Gasteiger partial charge < -0.3 is 14.6 Å². The summed E-state index contributed by atoms with van der Waals surface area (Å²) in [5.74, 6) is -1.54. The molecule has 1 saturated heterocycles. The number of hydrogen-bond acceptors (Lipinski definition) is 6. The number of amides is 1. The first-order valence-electron chi connectivity index (χ1n) is 11.1. The number of halogens is 1. The molecule has 36 heavy (non-hydrogen) atoms. The van der Waals surface area contributed by atoms with E-state index in [0.29, 0.717) is 11.4 Å². The third kappa shape index (κ3) is 3.74. The largest absolute Gasteiger partial charge is 0.507 e. The Hall–Kier alpha value is -4.36. The van der Waals surface area contributed by atoms with Gasteiger partial charge in [-0.25, -0.2) is 0 Å². The number of ketones is 1. The van der Waals surface area contributed by atoms with Crippen molar-refractivity contribution in [3.63, 3.8) is 0 Å². The van der Waals surface area contributed by atoms with Crippen molar-refractivity contribution < 1.29 is 24.2 Å². The fourth-order valence-corrected chi connectivity index (χ4v) is 4.74. The Kier molecular flexibility index (Phi) is 6.08. The Morgan fingerprint density at radius 3 is 2.39 bits per heavy atom. The minimum Gasteiger partial charge on any atom is -0.507 e. The monoisotopic (exact) mass is 500 g/mol. The zero-order valence-electron chi connectivity index (χ0n) is 19.4. The highest BCUT2D eigenvalue weighted by Crippen LogP contribution is 2.45. The molecule has 1 fully saturated rings. The molecule has 1 unspecified atom stereocenters. The predicted molar refractivity (Wildman–Crippen MR) is 138 cm³/mol. The number of Topliss-reactive ketones (excluding diaryl/α,β-unsaturated/α-hetero) is 1. The van der Waals surface area contributed by atoms with E-state index in [1.807, 2.05) is 36.4 Å². The first-order chi connectivity index (χ1) is 17.5. The van der Waals surface area contributed by atoms with Crippen LogP contribution in [0.2, 0.25) is 5.02 Å². The van der Waals surface area contributed by atoms with E-state index in [9.17, 15) is 14.7 Å². The number of fused-ring (bicyclic) bond motifs is 1. The normalized spacial score (nSPS) is 17.0. The average molecular weight is 501 g/mol. The number of hydrogen-bond donors (Lipinski definition) is 1. The Balaban J connectivity index is 1.80. The molecule has 5 rings (SSSR count). The zero-order valence-corrected chi connectivity index (χ0v) is 20.2. The highest BCUT2D eigenvalue weighted by molar-refractivity contribution is 6.52. The Morgan fingerprint density at radius 2 is 1.67 bits per heavy atom. The fraction of sp³-hybridized carbons (Fsp3) is 0.107. The molecule has 0 saturated carbocycles. The highest BCUT2D eigenvalue weighted by Gasteiger charge is 2.48. The number of aromatic nitrogens is 1. The lowest BCUT2D eigenvalue weighted by Gasteiger charge is -2.26. The number of methoxy groups -OCH3 is 2. The summed E-state index contributed by atoms with van der Waals surface area (Å²) in [5, 5.41) is 13.5. The number of carbonyl (C=O) groups is 2. The molecule has 0 spiro atoms. The number of ether oxygens (including phenoxy) is 2. The molecule has 0 bridgehead atoms. The number of pyridine rings is 1. The molecule has 1 aliphatic rings. The molecule has 8 heteroatoms. The Bertz CT molecular complexity index is 1530. The smallest absolute Gasteiger partial charge is 0.300 e. The number of carbonyl (C=O) groups excluding carboxylic acids is 2. The molecule has 1 N–H and O–H groups in total. The average Bonchev–Trinajstić information content (AvgIpc) is 3.18. The number of rotatable bonds is 5. The minimum absolute atomic E-state index is 0.116. The van der Waals surface area contributed by atoms with Crippen molar-refractivity contribution in [1.29, 1.82) is 0 Å². The van der Waals surface area contributed by atoms with Gasteiger partial charge in [0.25, 0.3) is 11.7 Å². The van der Waals surface area contributed by atoms with Gasteiger partial charge >= 0.3 is 0 Å². The van der Waals surface area contributed by atoms with Crippen LogP contribution in [0.3, 0.4) is 0 Å². The van der Waals surface area contributed by atoms with Crippen molar-refractivity contribution >= 4 is 45.5 Å². The summed E-state index contributed by atoms with van der Waals surface area (Å²) in [7, 11) is 2.85. The molecule has 0 radical (unpaired) electrons. The van der Waals surface area contributed by atoms with Crippen LogP contribution in [0.4, 0.5) is 5.69 Å². The summed E-state index contributed by atoms with van der Waals surface area (Å²) in [6, 6.07) is 20.3. The van der Waals surface area contributed by atoms with Crippen molar-refractivity contribution in [3.05, 3.63) is 101 Å². The van der Waals surface area contributed by atoms with Crippen LogP contribution in [0.25, 0.3) is 16.5 Å². The van der Waals surface area contributed by atoms with Crippen LogP contribution in [-0.4, -0.2) is 36.0 Å². The molecule has 1 aliphatic heterocycles. The second-order valence-electron chi connectivity index (χ2n) is 8.11. The van der Waals surface area contributed by atoms with Gasteiger partial charge in [0.15, 0.2) is 0 Å². The summed E-state index contributed by atoms with van der Waals surface area (Å²) < 4.78 is 10.7. The van der Waals surface area contributed by atoms with E-state index < -0.39 is 23.5 Å². The van der Waals surface area contributed by atoms with Crippen LogP contribution in [0.15, 0.2) is 84.6 Å². The second-order valence-corrected chi connectivity index (χ2v) is 8.52. The summed E-state index contributed by atoms with van der Waals surface area (Å²) in [6.07, 6.45) is 1.57. The number of aliphatic hydroxyl groups is 1. The molecule has 7 nitrogen and oxygen atoms in total. The van der Waals surface area contributed by atoms with Gasteiger partial charge in [-0.05, 0) is 29.7 Å². The van der Waals surface area contributed by atoms with E-state index in [4.69, 9.17) is 21.1 Å². The van der Waals surface area contributed by atoms with Gasteiger partial charge in [-0.15, -0.1) is 0 Å². The lowest BCUT2D eigenvalue weighted by atomic mass is 9.97. The van der Waals surface area contributed by atoms with E-state index in [1.54, 1.807) is 30.5 Å². The third-order valence-corrected chi connectivity index (χ3v) is 6.46. The molecule has 1 amide bonds. The van der Waals surface area contributed by atoms with Gasteiger partial charge in [-0.2, -0.15) is 0 Å². The SMILES string of the molecule is COc1cc(/C(O)=C2\C(=O)C(=O)N(c3cccc4ccccc34)C2c2ccccn2)c(OC)cc1Cl. The van der Waals surface area contributed by atoms with Crippen molar-refractivity contribution in [3.8, 4) is 11.5 Å². The predicted octanol–water partition coefficient (Wildman–Crippen LogP) is 5.53. The summed E-state index contributed by atoms with van der Waals surface area (Å²) in [5.41, 5.74) is 1.00. The molecule has 3 aromatic carbocycles. The van der Waals surface area contributed by atoms with Crippen molar-refractivity contribution in [2.75, 3.05) is 19.1 Å². The van der Waals surface area contributed by atoms with Crippen LogP contribution < -0.4 is 14.4 Å². The van der Waals surface area contributed by atoms with Gasteiger partial charge in [0, 0.05) is 17.6 Å². The quantitative estimate of drug-likeness (QED) is 0.220. The third-order valence-electron chi connectivity index (χ3n) is 6.17. The minimum atomic E-state index is -0.983. The van der Waals surface area contributed by atoms with E-state index in [1.165, 1.54) is 31.3 Å². The van der Waals surface area contributed by atoms with E-state index in [-0.39, 0.29) is 27.7 Å². The number of aliphatic hydroxyl groups excluding tert-OH is 1. The molecule has 1 atom stereocenters. The van der Waals surface area contributed by atoms with Crippen molar-refractivity contribution in [2.24, 2.45) is 0 Å². The Morgan fingerprint density at radius 1 is 0.944 bits per heavy atom.